The van der Waals surface area contributed by atoms with Crippen molar-refractivity contribution in [2.75, 3.05) is 11.9 Å². The van der Waals surface area contributed by atoms with E-state index in [-0.39, 0.29) is 23.7 Å². The maximum absolute atomic E-state index is 14.3. The van der Waals surface area contributed by atoms with Gasteiger partial charge in [-0.3, -0.25) is 9.63 Å². The van der Waals surface area contributed by atoms with Crippen molar-refractivity contribution in [1.82, 2.24) is 5.48 Å². The fourth-order valence-corrected chi connectivity index (χ4v) is 2.93. The van der Waals surface area contributed by atoms with Gasteiger partial charge in [-0.15, -0.1) is 0 Å². The molecule has 0 bridgehead atoms. The predicted octanol–water partition coefficient (Wildman–Crippen LogP) is 4.54. The van der Waals surface area contributed by atoms with E-state index >= 15 is 0 Å². The van der Waals surface area contributed by atoms with E-state index < -0.39 is 40.7 Å². The van der Waals surface area contributed by atoms with Gasteiger partial charge < -0.3 is 10.4 Å². The lowest BCUT2D eigenvalue weighted by molar-refractivity contribution is 0.0186. The van der Waals surface area contributed by atoms with Crippen molar-refractivity contribution in [2.45, 2.75) is 19.4 Å². The minimum absolute atomic E-state index is 0.0265. The highest BCUT2D eigenvalue weighted by Gasteiger charge is 2.24. The third-order valence-electron chi connectivity index (χ3n) is 3.40. The van der Waals surface area contributed by atoms with Crippen LogP contribution >= 0.6 is 34.2 Å². The maximum Gasteiger partial charge on any atom is 0.277 e. The quantitative estimate of drug-likeness (QED) is 0.220. The second-order valence-corrected chi connectivity index (χ2v) is 7.23. The van der Waals surface area contributed by atoms with Gasteiger partial charge in [0.15, 0.2) is 17.5 Å². The van der Waals surface area contributed by atoms with Crippen molar-refractivity contribution in [3.8, 4) is 0 Å². The van der Waals surface area contributed by atoms with Crippen LogP contribution in [-0.4, -0.2) is 23.7 Å². The van der Waals surface area contributed by atoms with Crippen LogP contribution in [0.25, 0.3) is 0 Å². The highest BCUT2D eigenvalue weighted by Crippen LogP contribution is 2.32. The molecule has 1 amide bonds. The molecule has 2 rings (SSSR count). The first kappa shape index (κ1) is 21.7. The Bertz CT molecular complexity index is 853. The van der Waals surface area contributed by atoms with E-state index in [1.54, 1.807) is 12.1 Å². The molecule has 0 saturated heterocycles. The maximum atomic E-state index is 14.3. The minimum Gasteiger partial charge on any atom is -0.393 e. The fraction of sp³-hybridized carbons (Fsp3) is 0.235. The van der Waals surface area contributed by atoms with Crippen molar-refractivity contribution in [3.05, 3.63) is 55.9 Å². The Kier molecular flexibility index (Phi) is 7.71. The van der Waals surface area contributed by atoms with Gasteiger partial charge in [0.05, 0.1) is 34.7 Å². The first-order valence-electron chi connectivity index (χ1n) is 7.70. The number of nitrogens with one attached hydrogen (secondary N) is 2. The van der Waals surface area contributed by atoms with Gasteiger partial charge in [0.2, 0.25) is 0 Å². The minimum atomic E-state index is -1.73. The second kappa shape index (κ2) is 9.58. The molecule has 2 aromatic carbocycles. The van der Waals surface area contributed by atoms with E-state index in [9.17, 15) is 18.0 Å². The average Bonchev–Trinajstić information content (AvgIpc) is 2.60. The Labute approximate surface area is 171 Å². The van der Waals surface area contributed by atoms with Crippen LogP contribution in [0.15, 0.2) is 24.3 Å². The standard InChI is InChI=1S/C17H15ClF3IN2O3/c1-8(25)4-5-27-24-17(26)10-7-12(19)14(20)15(21)16(10)23-13-3-2-9(22)6-11(13)18/h2-3,6-8,23,25H,4-5H2,1H3,(H,24,26). The second-order valence-electron chi connectivity index (χ2n) is 5.58. The van der Waals surface area contributed by atoms with Crippen molar-refractivity contribution >= 4 is 51.5 Å². The molecule has 27 heavy (non-hydrogen) atoms. The molecule has 0 aliphatic carbocycles. The first-order chi connectivity index (χ1) is 12.7. The van der Waals surface area contributed by atoms with E-state index in [0.717, 1.165) is 3.57 Å². The smallest absolute Gasteiger partial charge is 0.277 e. The van der Waals surface area contributed by atoms with Gasteiger partial charge in [0.25, 0.3) is 5.91 Å². The summed E-state index contributed by atoms with van der Waals surface area (Å²) in [6, 6.07) is 5.28. The molecule has 0 spiro atoms. The van der Waals surface area contributed by atoms with Crippen LogP contribution in [0.4, 0.5) is 24.5 Å². The summed E-state index contributed by atoms with van der Waals surface area (Å²) in [5.74, 6) is -5.83. The van der Waals surface area contributed by atoms with Crippen LogP contribution < -0.4 is 10.8 Å². The van der Waals surface area contributed by atoms with E-state index in [2.05, 4.69) is 5.32 Å². The number of rotatable bonds is 7. The number of benzene rings is 2. The summed E-state index contributed by atoms with van der Waals surface area (Å²) in [5.41, 5.74) is 1.09. The van der Waals surface area contributed by atoms with Gasteiger partial charge in [-0.1, -0.05) is 11.6 Å². The van der Waals surface area contributed by atoms with Gasteiger partial charge in [-0.05, 0) is 60.2 Å². The molecule has 1 unspecified atom stereocenters. The van der Waals surface area contributed by atoms with Gasteiger partial charge in [0, 0.05) is 3.57 Å². The number of aliphatic hydroxyl groups excluding tert-OH is 1. The molecule has 1 atom stereocenters. The molecule has 0 aromatic heterocycles. The van der Waals surface area contributed by atoms with Crippen molar-refractivity contribution in [2.24, 2.45) is 0 Å². The van der Waals surface area contributed by atoms with E-state index in [1.807, 2.05) is 28.1 Å². The monoisotopic (exact) mass is 514 g/mol. The van der Waals surface area contributed by atoms with E-state index in [0.29, 0.717) is 6.07 Å². The SMILES string of the molecule is CC(O)CCONC(=O)c1cc(F)c(F)c(F)c1Nc1ccc(I)cc1Cl. The highest BCUT2D eigenvalue weighted by molar-refractivity contribution is 14.1. The van der Waals surface area contributed by atoms with Gasteiger partial charge in [-0.2, -0.15) is 0 Å². The van der Waals surface area contributed by atoms with Crippen LogP contribution in [0.3, 0.4) is 0 Å². The first-order valence-corrected chi connectivity index (χ1v) is 9.16. The Morgan fingerprint density at radius 1 is 1.30 bits per heavy atom. The topological polar surface area (TPSA) is 70.6 Å². The summed E-state index contributed by atoms with van der Waals surface area (Å²) in [6.45, 7) is 1.50. The third-order valence-corrected chi connectivity index (χ3v) is 4.38. The fourth-order valence-electron chi connectivity index (χ4n) is 2.02. The highest BCUT2D eigenvalue weighted by atomic mass is 127. The normalized spacial score (nSPS) is 12.0. The molecule has 0 aliphatic rings. The van der Waals surface area contributed by atoms with Gasteiger partial charge in [0.1, 0.15) is 0 Å². The number of amides is 1. The van der Waals surface area contributed by atoms with Crippen molar-refractivity contribution < 1.29 is 27.9 Å². The molecule has 3 N–H and O–H groups in total. The Balaban J connectivity index is 2.32. The average molecular weight is 515 g/mol. The Morgan fingerprint density at radius 3 is 2.63 bits per heavy atom. The largest absolute Gasteiger partial charge is 0.393 e. The lowest BCUT2D eigenvalue weighted by atomic mass is 10.1. The number of hydroxylamine groups is 1. The third kappa shape index (κ3) is 5.71. The number of carbonyl (C=O) groups is 1. The molecular weight excluding hydrogens is 500 g/mol. The molecule has 0 fully saturated rings. The van der Waals surface area contributed by atoms with Crippen molar-refractivity contribution in [1.29, 1.82) is 0 Å². The Hall–Kier alpha value is -1.56. The number of halogens is 5. The number of hydrogen-bond acceptors (Lipinski definition) is 4. The van der Waals surface area contributed by atoms with Crippen LogP contribution in [0.5, 0.6) is 0 Å². The van der Waals surface area contributed by atoms with Crippen molar-refractivity contribution in [3.63, 3.8) is 0 Å². The van der Waals surface area contributed by atoms with Crippen LogP contribution in [-0.2, 0) is 4.84 Å². The summed E-state index contributed by atoms with van der Waals surface area (Å²) >= 11 is 8.08. The zero-order valence-corrected chi connectivity index (χ0v) is 16.9. The molecule has 2 aromatic rings. The summed E-state index contributed by atoms with van der Waals surface area (Å²) in [5, 5.41) is 11.9. The molecular formula is C17H15ClF3IN2O3. The molecule has 0 heterocycles. The van der Waals surface area contributed by atoms with Gasteiger partial charge >= 0.3 is 0 Å². The lowest BCUT2D eigenvalue weighted by Gasteiger charge is -2.15. The molecule has 10 heteroatoms. The number of carbonyl (C=O) groups excluding carboxylic acids is 1. The summed E-state index contributed by atoms with van der Waals surface area (Å²) in [6.07, 6.45) is -0.418. The molecule has 146 valence electrons. The van der Waals surface area contributed by atoms with Crippen LogP contribution in [0, 0.1) is 21.0 Å². The molecule has 0 radical (unpaired) electrons. The lowest BCUT2D eigenvalue weighted by Crippen LogP contribution is -2.26. The van der Waals surface area contributed by atoms with Crippen LogP contribution in [0.2, 0.25) is 5.02 Å². The van der Waals surface area contributed by atoms with Crippen LogP contribution in [0.1, 0.15) is 23.7 Å². The summed E-state index contributed by atoms with van der Waals surface area (Å²) in [7, 11) is 0. The molecule has 0 saturated carbocycles. The van der Waals surface area contributed by atoms with E-state index in [1.165, 1.54) is 13.0 Å². The van der Waals surface area contributed by atoms with E-state index in [4.69, 9.17) is 21.5 Å². The summed E-state index contributed by atoms with van der Waals surface area (Å²) < 4.78 is 42.4. The number of aliphatic hydroxyl groups is 1. The Morgan fingerprint density at radius 2 is 2.00 bits per heavy atom. The molecule has 0 aliphatic heterocycles. The number of hydrogen-bond donors (Lipinski definition) is 3. The van der Waals surface area contributed by atoms with Gasteiger partial charge in [-0.25, -0.2) is 18.7 Å². The predicted molar refractivity (Wildman–Crippen MR) is 103 cm³/mol. The zero-order chi connectivity index (χ0) is 20.1. The molecule has 5 nitrogen and oxygen atoms in total. The number of anilines is 2. The zero-order valence-electron chi connectivity index (χ0n) is 14.0. The summed E-state index contributed by atoms with van der Waals surface area (Å²) in [4.78, 5) is 17.1.